The molecule has 0 radical (unpaired) electrons. The van der Waals surface area contributed by atoms with Crippen LogP contribution in [0.5, 0.6) is 5.75 Å². The monoisotopic (exact) mass is 345 g/mol. The number of rotatable bonds is 5. The second kappa shape index (κ2) is 7.93. The lowest BCUT2D eigenvalue weighted by Gasteiger charge is -2.14. The number of amides is 1. The number of methoxy groups -OCH3 is 1. The number of aromatic nitrogens is 1. The van der Waals surface area contributed by atoms with Crippen LogP contribution in [-0.2, 0) is 0 Å². The fourth-order valence-corrected chi connectivity index (χ4v) is 2.46. The van der Waals surface area contributed by atoms with E-state index in [1.807, 2.05) is 19.1 Å². The third-order valence-electron chi connectivity index (χ3n) is 3.61. The van der Waals surface area contributed by atoms with Crippen molar-refractivity contribution in [2.24, 2.45) is 5.10 Å². The molecule has 0 spiro atoms. The van der Waals surface area contributed by atoms with Crippen molar-refractivity contribution in [2.45, 2.75) is 26.7 Å². The normalized spacial score (nSPS) is 11.1. The number of pyridine rings is 1. The average Bonchev–Trinajstić information content (AvgIpc) is 2.55. The van der Waals surface area contributed by atoms with Crippen LogP contribution >= 0.6 is 11.6 Å². The van der Waals surface area contributed by atoms with Crippen molar-refractivity contribution in [1.82, 2.24) is 10.4 Å². The Morgan fingerprint density at radius 3 is 2.79 bits per heavy atom. The Balaban J connectivity index is 2.19. The van der Waals surface area contributed by atoms with Gasteiger partial charge in [0.25, 0.3) is 5.91 Å². The SMILES string of the molecule is COc1cc(C)c(C=NNC(=O)c2cccnc2Cl)cc1C(C)C. The summed E-state index contributed by atoms with van der Waals surface area (Å²) in [6.45, 7) is 6.16. The van der Waals surface area contributed by atoms with E-state index in [2.05, 4.69) is 29.4 Å². The van der Waals surface area contributed by atoms with Crippen LogP contribution in [0, 0.1) is 6.92 Å². The van der Waals surface area contributed by atoms with Crippen LogP contribution in [0.15, 0.2) is 35.6 Å². The summed E-state index contributed by atoms with van der Waals surface area (Å²) in [5.41, 5.74) is 5.76. The molecule has 5 nitrogen and oxygen atoms in total. The zero-order valence-corrected chi connectivity index (χ0v) is 14.9. The second-order valence-electron chi connectivity index (χ2n) is 5.65. The molecule has 2 aromatic rings. The van der Waals surface area contributed by atoms with Gasteiger partial charge in [-0.05, 0) is 53.8 Å². The minimum absolute atomic E-state index is 0.146. The molecule has 1 heterocycles. The van der Waals surface area contributed by atoms with Gasteiger partial charge in [0, 0.05) is 6.20 Å². The third-order valence-corrected chi connectivity index (χ3v) is 3.92. The molecule has 2 rings (SSSR count). The Labute approximate surface area is 146 Å². The largest absolute Gasteiger partial charge is 0.496 e. The summed E-state index contributed by atoms with van der Waals surface area (Å²) in [7, 11) is 1.66. The summed E-state index contributed by atoms with van der Waals surface area (Å²) in [4.78, 5) is 15.9. The zero-order valence-electron chi connectivity index (χ0n) is 14.1. The Kier molecular flexibility index (Phi) is 5.93. The van der Waals surface area contributed by atoms with E-state index >= 15 is 0 Å². The molecule has 0 aliphatic rings. The fourth-order valence-electron chi connectivity index (χ4n) is 2.26. The number of nitrogens with zero attached hydrogens (tertiary/aromatic N) is 2. The molecule has 24 heavy (non-hydrogen) atoms. The molecule has 1 aromatic heterocycles. The summed E-state index contributed by atoms with van der Waals surface area (Å²) in [5, 5.41) is 4.17. The lowest BCUT2D eigenvalue weighted by atomic mass is 9.97. The first-order chi connectivity index (χ1) is 11.4. The number of carbonyl (C=O) groups excluding carboxylic acids is 1. The summed E-state index contributed by atoms with van der Waals surface area (Å²) >= 11 is 5.89. The quantitative estimate of drug-likeness (QED) is 0.507. The van der Waals surface area contributed by atoms with Crippen molar-refractivity contribution < 1.29 is 9.53 Å². The number of aryl methyl sites for hydroxylation is 1. The second-order valence-corrected chi connectivity index (χ2v) is 6.00. The summed E-state index contributed by atoms with van der Waals surface area (Å²) in [6.07, 6.45) is 3.14. The lowest BCUT2D eigenvalue weighted by molar-refractivity contribution is 0.0955. The zero-order chi connectivity index (χ0) is 17.7. The Morgan fingerprint density at radius 2 is 2.17 bits per heavy atom. The van der Waals surface area contributed by atoms with Crippen LogP contribution in [0.4, 0.5) is 0 Å². The van der Waals surface area contributed by atoms with Crippen molar-refractivity contribution >= 4 is 23.7 Å². The van der Waals surface area contributed by atoms with Gasteiger partial charge in [-0.3, -0.25) is 4.79 Å². The van der Waals surface area contributed by atoms with Crippen molar-refractivity contribution in [3.63, 3.8) is 0 Å². The molecule has 6 heteroatoms. The number of hydrazone groups is 1. The molecule has 0 aliphatic carbocycles. The molecular formula is C18H20ClN3O2. The van der Waals surface area contributed by atoms with Crippen LogP contribution < -0.4 is 10.2 Å². The number of benzene rings is 1. The van der Waals surface area contributed by atoms with Gasteiger partial charge in [-0.25, -0.2) is 10.4 Å². The Morgan fingerprint density at radius 1 is 1.42 bits per heavy atom. The molecule has 0 aliphatic heterocycles. The molecule has 0 unspecified atom stereocenters. The van der Waals surface area contributed by atoms with Crippen molar-refractivity contribution in [2.75, 3.05) is 7.11 Å². The van der Waals surface area contributed by atoms with E-state index in [0.29, 0.717) is 5.92 Å². The first-order valence-corrected chi connectivity index (χ1v) is 7.94. The van der Waals surface area contributed by atoms with E-state index in [4.69, 9.17) is 16.3 Å². The average molecular weight is 346 g/mol. The molecule has 0 saturated carbocycles. The maximum absolute atomic E-state index is 12.0. The number of carbonyl (C=O) groups is 1. The first kappa shape index (κ1) is 17.9. The smallest absolute Gasteiger partial charge is 0.274 e. The lowest BCUT2D eigenvalue weighted by Crippen LogP contribution is -2.18. The van der Waals surface area contributed by atoms with Crippen LogP contribution in [0.1, 0.15) is 46.8 Å². The van der Waals surface area contributed by atoms with Gasteiger partial charge in [0.05, 0.1) is 18.9 Å². The molecule has 1 amide bonds. The Bertz CT molecular complexity index is 773. The fraction of sp³-hybridized carbons (Fsp3) is 0.278. The minimum Gasteiger partial charge on any atom is -0.496 e. The number of nitrogens with one attached hydrogen (secondary N) is 1. The number of hydrogen-bond donors (Lipinski definition) is 1. The standard InChI is InChI=1S/C18H20ClN3O2/c1-11(2)15-9-13(12(3)8-16(15)24-4)10-21-22-18(23)14-6-5-7-20-17(14)19/h5-11H,1-4H3,(H,22,23). The van der Waals surface area contributed by atoms with Crippen LogP contribution in [-0.4, -0.2) is 24.2 Å². The van der Waals surface area contributed by atoms with E-state index in [9.17, 15) is 4.79 Å². The molecular weight excluding hydrogens is 326 g/mol. The van der Waals surface area contributed by atoms with Gasteiger partial charge < -0.3 is 4.74 Å². The molecule has 0 bridgehead atoms. The topological polar surface area (TPSA) is 63.6 Å². The van der Waals surface area contributed by atoms with E-state index in [1.54, 1.807) is 25.5 Å². The minimum atomic E-state index is -0.403. The van der Waals surface area contributed by atoms with Gasteiger partial charge in [0.2, 0.25) is 0 Å². The molecule has 0 fully saturated rings. The molecule has 0 atom stereocenters. The molecule has 1 aromatic carbocycles. The number of ether oxygens (including phenoxy) is 1. The molecule has 126 valence electrons. The third kappa shape index (κ3) is 4.11. The predicted octanol–water partition coefficient (Wildman–Crippen LogP) is 3.94. The van der Waals surface area contributed by atoms with E-state index in [-0.39, 0.29) is 10.7 Å². The number of hydrogen-bond acceptors (Lipinski definition) is 4. The van der Waals surface area contributed by atoms with Gasteiger partial charge in [-0.2, -0.15) is 5.10 Å². The van der Waals surface area contributed by atoms with Crippen molar-refractivity contribution in [3.8, 4) is 5.75 Å². The van der Waals surface area contributed by atoms with E-state index < -0.39 is 5.91 Å². The van der Waals surface area contributed by atoms with Gasteiger partial charge in [-0.1, -0.05) is 25.4 Å². The van der Waals surface area contributed by atoms with Crippen molar-refractivity contribution in [1.29, 1.82) is 0 Å². The van der Waals surface area contributed by atoms with Gasteiger partial charge in [0.15, 0.2) is 0 Å². The highest BCUT2D eigenvalue weighted by Crippen LogP contribution is 2.29. The maximum atomic E-state index is 12.0. The molecule has 0 saturated heterocycles. The predicted molar refractivity (Wildman–Crippen MR) is 96.1 cm³/mol. The molecule has 1 N–H and O–H groups in total. The highest BCUT2D eigenvalue weighted by molar-refractivity contribution is 6.32. The summed E-state index contributed by atoms with van der Waals surface area (Å²) in [6, 6.07) is 7.23. The number of halogens is 1. The summed E-state index contributed by atoms with van der Waals surface area (Å²) < 4.78 is 5.42. The first-order valence-electron chi connectivity index (χ1n) is 7.56. The van der Waals surface area contributed by atoms with Crippen LogP contribution in [0.3, 0.4) is 0 Å². The highest BCUT2D eigenvalue weighted by atomic mass is 35.5. The van der Waals surface area contributed by atoms with E-state index in [0.717, 1.165) is 22.4 Å². The van der Waals surface area contributed by atoms with Crippen LogP contribution in [0.25, 0.3) is 0 Å². The summed E-state index contributed by atoms with van der Waals surface area (Å²) in [5.74, 6) is 0.766. The van der Waals surface area contributed by atoms with Crippen molar-refractivity contribution in [3.05, 3.63) is 57.9 Å². The van der Waals surface area contributed by atoms with Crippen LogP contribution in [0.2, 0.25) is 5.15 Å². The van der Waals surface area contributed by atoms with Gasteiger partial charge in [-0.15, -0.1) is 0 Å². The highest BCUT2D eigenvalue weighted by Gasteiger charge is 2.11. The maximum Gasteiger partial charge on any atom is 0.274 e. The van der Waals surface area contributed by atoms with Gasteiger partial charge in [0.1, 0.15) is 10.9 Å². The Hall–Kier alpha value is -2.40. The van der Waals surface area contributed by atoms with E-state index in [1.165, 1.54) is 6.20 Å². The van der Waals surface area contributed by atoms with Gasteiger partial charge >= 0.3 is 0 Å².